The van der Waals surface area contributed by atoms with E-state index in [1.54, 1.807) is 24.3 Å². The lowest BCUT2D eigenvalue weighted by Gasteiger charge is -2.18. The fourth-order valence-corrected chi connectivity index (χ4v) is 2.61. The van der Waals surface area contributed by atoms with Crippen LogP contribution in [0.2, 0.25) is 0 Å². The zero-order chi connectivity index (χ0) is 14.8. The Morgan fingerprint density at radius 1 is 1.25 bits per heavy atom. The average molecular weight is 287 g/mol. The number of nitrogens with one attached hydrogen (secondary N) is 1. The van der Waals surface area contributed by atoms with Crippen molar-refractivity contribution in [3.05, 3.63) is 24.3 Å². The third kappa shape index (κ3) is 4.62. The number of alkyl halides is 3. The monoisotopic (exact) mass is 287 g/mol. The smallest absolute Gasteiger partial charge is 0.422 e. The van der Waals surface area contributed by atoms with Crippen LogP contribution in [0.15, 0.2) is 24.3 Å². The first-order valence-corrected chi connectivity index (χ1v) is 6.80. The van der Waals surface area contributed by atoms with Gasteiger partial charge < -0.3 is 10.1 Å². The van der Waals surface area contributed by atoms with Crippen molar-refractivity contribution in [1.82, 2.24) is 0 Å². The minimum atomic E-state index is -4.30. The van der Waals surface area contributed by atoms with Crippen LogP contribution in [-0.4, -0.2) is 18.8 Å². The van der Waals surface area contributed by atoms with Crippen LogP contribution in [0.25, 0.3) is 0 Å². The second kappa shape index (κ2) is 5.54. The Morgan fingerprint density at radius 3 is 2.40 bits per heavy atom. The van der Waals surface area contributed by atoms with E-state index in [-0.39, 0.29) is 5.75 Å². The Bertz CT molecular complexity index is 439. The first-order valence-electron chi connectivity index (χ1n) is 6.80. The lowest BCUT2D eigenvalue weighted by atomic mass is 9.92. The molecule has 0 saturated heterocycles. The van der Waals surface area contributed by atoms with E-state index in [1.165, 1.54) is 6.42 Å². The summed E-state index contributed by atoms with van der Waals surface area (Å²) in [6.07, 6.45) is -0.873. The standard InChI is InChI=1S/C15H20F3NO/c1-14(2)8-7-12(9-14)19-11-3-5-13(6-4-11)20-10-15(16,17)18/h3-6,12,19H,7-10H2,1-2H3. The molecule has 0 heterocycles. The SMILES string of the molecule is CC1(C)CCC(Nc2ccc(OCC(F)(F)F)cc2)C1. The molecule has 0 aromatic heterocycles. The number of anilines is 1. The molecule has 1 aliphatic rings. The van der Waals surface area contributed by atoms with Crippen molar-refractivity contribution in [2.75, 3.05) is 11.9 Å². The van der Waals surface area contributed by atoms with Crippen LogP contribution in [0.5, 0.6) is 5.75 Å². The highest BCUT2D eigenvalue weighted by molar-refractivity contribution is 5.47. The summed E-state index contributed by atoms with van der Waals surface area (Å²) in [5.74, 6) is 0.236. The third-order valence-corrected chi connectivity index (χ3v) is 3.60. The van der Waals surface area contributed by atoms with Gasteiger partial charge in [-0.15, -0.1) is 0 Å². The molecular weight excluding hydrogens is 267 g/mol. The number of ether oxygens (including phenoxy) is 1. The normalized spacial score (nSPS) is 21.8. The summed E-state index contributed by atoms with van der Waals surface area (Å²) in [6, 6.07) is 7.09. The topological polar surface area (TPSA) is 21.3 Å². The van der Waals surface area contributed by atoms with Crippen LogP contribution in [0.4, 0.5) is 18.9 Å². The van der Waals surface area contributed by atoms with Gasteiger partial charge in [-0.2, -0.15) is 13.2 Å². The van der Waals surface area contributed by atoms with E-state index in [2.05, 4.69) is 23.9 Å². The number of rotatable bonds is 4. The Labute approximate surface area is 117 Å². The minimum absolute atomic E-state index is 0.236. The minimum Gasteiger partial charge on any atom is -0.484 e. The van der Waals surface area contributed by atoms with Crippen LogP contribution in [0.3, 0.4) is 0 Å². The second-order valence-electron chi connectivity index (χ2n) is 6.18. The van der Waals surface area contributed by atoms with Crippen molar-refractivity contribution >= 4 is 5.69 Å². The van der Waals surface area contributed by atoms with Crippen molar-refractivity contribution in [3.63, 3.8) is 0 Å². The Kier molecular flexibility index (Phi) is 4.16. The molecule has 0 amide bonds. The third-order valence-electron chi connectivity index (χ3n) is 3.60. The molecule has 0 radical (unpaired) electrons. The van der Waals surface area contributed by atoms with E-state index in [0.717, 1.165) is 18.5 Å². The summed E-state index contributed by atoms with van der Waals surface area (Å²) >= 11 is 0. The molecular formula is C15H20F3NO. The number of benzene rings is 1. The van der Waals surface area contributed by atoms with Gasteiger partial charge in [0.05, 0.1) is 0 Å². The molecule has 0 spiro atoms. The molecule has 1 unspecified atom stereocenters. The lowest BCUT2D eigenvalue weighted by molar-refractivity contribution is -0.153. The van der Waals surface area contributed by atoms with Crippen LogP contribution in [-0.2, 0) is 0 Å². The van der Waals surface area contributed by atoms with Gasteiger partial charge in [-0.05, 0) is 48.9 Å². The molecule has 1 aromatic rings. The van der Waals surface area contributed by atoms with Gasteiger partial charge in [-0.3, -0.25) is 0 Å². The van der Waals surface area contributed by atoms with E-state index in [9.17, 15) is 13.2 Å². The average Bonchev–Trinajstić information content (AvgIpc) is 2.67. The summed E-state index contributed by atoms with van der Waals surface area (Å²) < 4.78 is 40.8. The molecule has 1 aliphatic carbocycles. The van der Waals surface area contributed by atoms with Gasteiger partial charge in [0.25, 0.3) is 0 Å². The van der Waals surface area contributed by atoms with Crippen molar-refractivity contribution < 1.29 is 17.9 Å². The molecule has 0 aliphatic heterocycles. The van der Waals surface area contributed by atoms with Crippen LogP contribution in [0.1, 0.15) is 33.1 Å². The highest BCUT2D eigenvalue weighted by Gasteiger charge is 2.31. The molecule has 112 valence electrons. The van der Waals surface area contributed by atoms with Crippen LogP contribution in [0, 0.1) is 5.41 Å². The Balaban J connectivity index is 1.86. The van der Waals surface area contributed by atoms with Crippen molar-refractivity contribution in [3.8, 4) is 5.75 Å². The van der Waals surface area contributed by atoms with E-state index >= 15 is 0 Å². The van der Waals surface area contributed by atoms with Gasteiger partial charge in [-0.1, -0.05) is 13.8 Å². The molecule has 1 N–H and O–H groups in total. The van der Waals surface area contributed by atoms with E-state index in [4.69, 9.17) is 0 Å². The zero-order valence-electron chi connectivity index (χ0n) is 11.8. The number of hydrogen-bond acceptors (Lipinski definition) is 2. The highest BCUT2D eigenvalue weighted by Crippen LogP contribution is 2.38. The van der Waals surface area contributed by atoms with Crippen LogP contribution >= 0.6 is 0 Å². The van der Waals surface area contributed by atoms with Gasteiger partial charge in [-0.25, -0.2) is 0 Å². The van der Waals surface area contributed by atoms with E-state index < -0.39 is 12.8 Å². The van der Waals surface area contributed by atoms with E-state index in [1.807, 2.05) is 0 Å². The highest BCUT2D eigenvalue weighted by atomic mass is 19.4. The molecule has 0 bridgehead atoms. The maximum absolute atomic E-state index is 12.0. The largest absolute Gasteiger partial charge is 0.484 e. The maximum atomic E-state index is 12.0. The molecule has 20 heavy (non-hydrogen) atoms. The van der Waals surface area contributed by atoms with Gasteiger partial charge in [0.15, 0.2) is 6.61 Å². The van der Waals surface area contributed by atoms with Crippen LogP contribution < -0.4 is 10.1 Å². The Morgan fingerprint density at radius 2 is 1.90 bits per heavy atom. The van der Waals surface area contributed by atoms with Crippen molar-refractivity contribution in [2.45, 2.75) is 45.3 Å². The molecule has 5 heteroatoms. The maximum Gasteiger partial charge on any atom is 0.422 e. The zero-order valence-corrected chi connectivity index (χ0v) is 11.8. The molecule has 1 fully saturated rings. The van der Waals surface area contributed by atoms with E-state index in [0.29, 0.717) is 11.5 Å². The number of hydrogen-bond donors (Lipinski definition) is 1. The molecule has 2 nitrogen and oxygen atoms in total. The quantitative estimate of drug-likeness (QED) is 0.872. The predicted molar refractivity (Wildman–Crippen MR) is 73.0 cm³/mol. The Hall–Kier alpha value is -1.39. The first-order chi connectivity index (χ1) is 9.23. The van der Waals surface area contributed by atoms with Gasteiger partial charge in [0.2, 0.25) is 0 Å². The summed E-state index contributed by atoms with van der Waals surface area (Å²) in [4.78, 5) is 0. The first kappa shape index (κ1) is 15.0. The van der Waals surface area contributed by atoms with Crippen molar-refractivity contribution in [2.24, 2.45) is 5.41 Å². The van der Waals surface area contributed by atoms with Gasteiger partial charge in [0.1, 0.15) is 5.75 Å². The lowest BCUT2D eigenvalue weighted by Crippen LogP contribution is -2.19. The summed E-state index contributed by atoms with van der Waals surface area (Å²) in [6.45, 7) is 3.25. The summed E-state index contributed by atoms with van der Waals surface area (Å²) in [7, 11) is 0. The molecule has 1 atom stereocenters. The van der Waals surface area contributed by atoms with Crippen molar-refractivity contribution in [1.29, 1.82) is 0 Å². The second-order valence-corrected chi connectivity index (χ2v) is 6.18. The fraction of sp³-hybridized carbons (Fsp3) is 0.600. The molecule has 2 rings (SSSR count). The van der Waals surface area contributed by atoms with Gasteiger partial charge >= 0.3 is 6.18 Å². The fourth-order valence-electron chi connectivity index (χ4n) is 2.61. The summed E-state index contributed by atoms with van der Waals surface area (Å²) in [5, 5.41) is 3.42. The van der Waals surface area contributed by atoms with Gasteiger partial charge in [0, 0.05) is 11.7 Å². The predicted octanol–water partition coefficient (Wildman–Crippen LogP) is 4.62. The number of halogens is 3. The summed E-state index contributed by atoms with van der Waals surface area (Å²) in [5.41, 5.74) is 1.29. The molecule has 1 aromatic carbocycles. The molecule has 1 saturated carbocycles.